The first-order valence-corrected chi connectivity index (χ1v) is 10.4. The summed E-state index contributed by atoms with van der Waals surface area (Å²) in [5.74, 6) is 1.02. The molecule has 2 heterocycles. The number of quaternary nitrogens is 2. The number of carbonyl (C=O) groups excluding carboxylic acids is 2. The summed E-state index contributed by atoms with van der Waals surface area (Å²) in [6.07, 6.45) is 2.25. The molecule has 2 aliphatic rings. The molecule has 0 aliphatic carbocycles. The summed E-state index contributed by atoms with van der Waals surface area (Å²) in [4.78, 5) is 29.4. The molecule has 0 unspecified atom stereocenters. The molecular formula is C20H31ClN4O2+2. The van der Waals surface area contributed by atoms with Crippen molar-refractivity contribution in [1.29, 1.82) is 0 Å². The van der Waals surface area contributed by atoms with E-state index in [-0.39, 0.29) is 11.8 Å². The predicted octanol–water partition coefficient (Wildman–Crippen LogP) is -0.680. The van der Waals surface area contributed by atoms with Gasteiger partial charge in [0.05, 0.1) is 10.7 Å². The molecule has 0 radical (unpaired) electrons. The van der Waals surface area contributed by atoms with E-state index in [1.165, 1.54) is 9.80 Å². The Balaban J connectivity index is 1.38. The molecule has 3 N–H and O–H groups in total. The zero-order chi connectivity index (χ0) is 19.2. The van der Waals surface area contributed by atoms with Gasteiger partial charge in [0.2, 0.25) is 0 Å². The highest BCUT2D eigenvalue weighted by atomic mass is 35.5. The normalized spacial score (nSPS) is 23.9. The maximum atomic E-state index is 12.5. The lowest BCUT2D eigenvalue weighted by atomic mass is 9.99. The van der Waals surface area contributed by atoms with Crippen molar-refractivity contribution in [2.45, 2.75) is 19.8 Å². The fourth-order valence-electron chi connectivity index (χ4n) is 3.88. The van der Waals surface area contributed by atoms with Crippen molar-refractivity contribution >= 4 is 29.1 Å². The number of para-hydroxylation sites is 1. The molecule has 2 fully saturated rings. The van der Waals surface area contributed by atoms with E-state index >= 15 is 0 Å². The zero-order valence-corrected chi connectivity index (χ0v) is 16.9. The minimum Gasteiger partial charge on any atom is -0.338 e. The lowest BCUT2D eigenvalue weighted by Gasteiger charge is -2.33. The van der Waals surface area contributed by atoms with Crippen LogP contribution in [0.3, 0.4) is 0 Å². The van der Waals surface area contributed by atoms with Gasteiger partial charge < -0.3 is 20.0 Å². The molecule has 0 atom stereocenters. The summed E-state index contributed by atoms with van der Waals surface area (Å²) < 4.78 is 0. The second-order valence-electron chi connectivity index (χ2n) is 7.94. The molecule has 2 saturated heterocycles. The first kappa shape index (κ1) is 20.1. The number of nitrogens with zero attached hydrogens (tertiary/aromatic N) is 1. The number of piperidine rings is 1. The van der Waals surface area contributed by atoms with Crippen LogP contribution in [0.1, 0.15) is 19.8 Å². The van der Waals surface area contributed by atoms with E-state index in [0.717, 1.165) is 58.0 Å². The van der Waals surface area contributed by atoms with E-state index in [1.807, 2.05) is 23.1 Å². The average molecular weight is 395 g/mol. The number of anilines is 1. The minimum absolute atomic E-state index is 0.0138. The molecule has 3 rings (SSSR count). The maximum Gasteiger partial charge on any atom is 0.279 e. The third-order valence-corrected chi connectivity index (χ3v) is 6.09. The van der Waals surface area contributed by atoms with Gasteiger partial charge in [-0.05, 0) is 30.9 Å². The molecule has 0 bridgehead atoms. The van der Waals surface area contributed by atoms with Crippen LogP contribution in [0, 0.1) is 5.92 Å². The largest absolute Gasteiger partial charge is 0.338 e. The van der Waals surface area contributed by atoms with Gasteiger partial charge in [-0.1, -0.05) is 30.7 Å². The zero-order valence-electron chi connectivity index (χ0n) is 16.1. The second-order valence-corrected chi connectivity index (χ2v) is 8.35. The third kappa shape index (κ3) is 5.92. The van der Waals surface area contributed by atoms with Crippen molar-refractivity contribution in [2.24, 2.45) is 5.92 Å². The van der Waals surface area contributed by atoms with Gasteiger partial charge in [0.1, 0.15) is 26.2 Å². The SMILES string of the molecule is CC1CCN(C(=O)C[NH+]2CC[NH+](CC(=O)Nc3ccccc3Cl)CC2)CC1. The van der Waals surface area contributed by atoms with Gasteiger partial charge in [-0.25, -0.2) is 0 Å². The Hall–Kier alpha value is -1.63. The Morgan fingerprint density at radius 3 is 2.30 bits per heavy atom. The van der Waals surface area contributed by atoms with Crippen LogP contribution in [-0.4, -0.2) is 69.1 Å². The van der Waals surface area contributed by atoms with E-state index in [4.69, 9.17) is 11.6 Å². The number of hydrogen-bond donors (Lipinski definition) is 3. The molecule has 0 spiro atoms. The lowest BCUT2D eigenvalue weighted by Crippen LogP contribution is -3.28. The van der Waals surface area contributed by atoms with Crippen molar-refractivity contribution in [1.82, 2.24) is 4.90 Å². The summed E-state index contributed by atoms with van der Waals surface area (Å²) in [6.45, 7) is 8.81. The molecule has 148 valence electrons. The van der Waals surface area contributed by atoms with Crippen molar-refractivity contribution in [3.8, 4) is 0 Å². The third-order valence-electron chi connectivity index (χ3n) is 5.76. The highest BCUT2D eigenvalue weighted by Gasteiger charge is 2.29. The van der Waals surface area contributed by atoms with E-state index in [0.29, 0.717) is 23.8 Å². The second kappa shape index (κ2) is 9.53. The van der Waals surface area contributed by atoms with Gasteiger partial charge in [0.25, 0.3) is 11.8 Å². The molecule has 1 aromatic rings. The molecule has 2 amide bonds. The van der Waals surface area contributed by atoms with Crippen molar-refractivity contribution in [2.75, 3.05) is 57.7 Å². The Labute approximate surface area is 166 Å². The van der Waals surface area contributed by atoms with Crippen LogP contribution in [0.25, 0.3) is 0 Å². The smallest absolute Gasteiger partial charge is 0.279 e. The van der Waals surface area contributed by atoms with Crippen LogP contribution in [-0.2, 0) is 9.59 Å². The maximum absolute atomic E-state index is 12.5. The van der Waals surface area contributed by atoms with Crippen molar-refractivity contribution < 1.29 is 19.4 Å². The molecule has 27 heavy (non-hydrogen) atoms. The molecule has 1 aromatic carbocycles. The van der Waals surface area contributed by atoms with Crippen LogP contribution in [0.5, 0.6) is 0 Å². The standard InChI is InChI=1S/C20H29ClN4O2/c1-16-6-8-25(9-7-16)20(27)15-24-12-10-23(11-13-24)14-19(26)22-18-5-3-2-4-17(18)21/h2-5,16H,6-15H2,1H3,(H,22,26)/p+2. The number of nitrogens with one attached hydrogen (secondary N) is 3. The van der Waals surface area contributed by atoms with Gasteiger partial charge >= 0.3 is 0 Å². The molecular weight excluding hydrogens is 364 g/mol. The topological polar surface area (TPSA) is 58.3 Å². The summed E-state index contributed by atoms with van der Waals surface area (Å²) in [5.41, 5.74) is 0.661. The van der Waals surface area contributed by atoms with Crippen LogP contribution >= 0.6 is 11.6 Å². The first-order valence-electron chi connectivity index (χ1n) is 10.0. The summed E-state index contributed by atoms with van der Waals surface area (Å²) in [6, 6.07) is 7.28. The van der Waals surface area contributed by atoms with Gasteiger partial charge in [-0.15, -0.1) is 0 Å². The predicted molar refractivity (Wildman–Crippen MR) is 106 cm³/mol. The number of amides is 2. The molecule has 2 aliphatic heterocycles. The van der Waals surface area contributed by atoms with E-state index < -0.39 is 0 Å². The monoisotopic (exact) mass is 394 g/mol. The summed E-state index contributed by atoms with van der Waals surface area (Å²) >= 11 is 6.09. The van der Waals surface area contributed by atoms with Crippen LogP contribution in [0.15, 0.2) is 24.3 Å². The summed E-state index contributed by atoms with van der Waals surface area (Å²) in [5, 5.41) is 3.44. The van der Waals surface area contributed by atoms with E-state index in [2.05, 4.69) is 12.2 Å². The molecule has 6 nitrogen and oxygen atoms in total. The Morgan fingerprint density at radius 2 is 1.67 bits per heavy atom. The number of hydrogen-bond acceptors (Lipinski definition) is 2. The van der Waals surface area contributed by atoms with Crippen molar-refractivity contribution in [3.63, 3.8) is 0 Å². The van der Waals surface area contributed by atoms with Gasteiger partial charge in [0.15, 0.2) is 13.1 Å². The van der Waals surface area contributed by atoms with Crippen molar-refractivity contribution in [3.05, 3.63) is 29.3 Å². The Kier molecular flexibility index (Phi) is 7.10. The minimum atomic E-state index is -0.0138. The molecule has 0 aromatic heterocycles. The van der Waals surface area contributed by atoms with Gasteiger partial charge in [-0.3, -0.25) is 9.59 Å². The quantitative estimate of drug-likeness (QED) is 0.620. The first-order chi connectivity index (χ1) is 13.0. The Bertz CT molecular complexity index is 653. The van der Waals surface area contributed by atoms with Crippen LogP contribution in [0.4, 0.5) is 5.69 Å². The Morgan fingerprint density at radius 1 is 1.07 bits per heavy atom. The number of piperazine rings is 1. The van der Waals surface area contributed by atoms with Gasteiger partial charge in [0, 0.05) is 13.1 Å². The molecule has 7 heteroatoms. The highest BCUT2D eigenvalue weighted by molar-refractivity contribution is 6.33. The average Bonchev–Trinajstić information content (AvgIpc) is 2.66. The van der Waals surface area contributed by atoms with Crippen LogP contribution in [0.2, 0.25) is 5.02 Å². The lowest BCUT2D eigenvalue weighted by molar-refractivity contribution is -1.00. The molecule has 0 saturated carbocycles. The van der Waals surface area contributed by atoms with Crippen LogP contribution < -0.4 is 15.1 Å². The highest BCUT2D eigenvalue weighted by Crippen LogP contribution is 2.19. The number of rotatable bonds is 5. The number of likely N-dealkylation sites (tertiary alicyclic amines) is 1. The number of benzene rings is 1. The van der Waals surface area contributed by atoms with Gasteiger partial charge in [-0.2, -0.15) is 0 Å². The van der Waals surface area contributed by atoms with E-state index in [1.54, 1.807) is 6.07 Å². The fourth-order valence-corrected chi connectivity index (χ4v) is 4.06. The fraction of sp³-hybridized carbons (Fsp3) is 0.600. The van der Waals surface area contributed by atoms with E-state index in [9.17, 15) is 9.59 Å². The number of halogens is 1. The summed E-state index contributed by atoms with van der Waals surface area (Å²) in [7, 11) is 0. The number of carbonyl (C=O) groups is 2.